The zero-order chi connectivity index (χ0) is 24.1. The summed E-state index contributed by atoms with van der Waals surface area (Å²) in [5.41, 5.74) is -5.21. The third-order valence-electron chi connectivity index (χ3n) is 8.61. The minimum atomic E-state index is -5.69. The van der Waals surface area contributed by atoms with Gasteiger partial charge in [-0.15, -0.1) is 0 Å². The molecule has 0 bridgehead atoms. The van der Waals surface area contributed by atoms with E-state index in [1.54, 1.807) is 7.11 Å². The van der Waals surface area contributed by atoms with E-state index in [9.17, 15) is 26.7 Å². The maximum absolute atomic E-state index is 12.6. The van der Waals surface area contributed by atoms with E-state index in [1.165, 1.54) is 0 Å². The normalized spacial score (nSPS) is 41.1. The summed E-state index contributed by atoms with van der Waals surface area (Å²) in [5.74, 6) is -0.0667. The molecule has 0 aromatic carbocycles. The lowest BCUT2D eigenvalue weighted by Gasteiger charge is -2.64. The fraction of sp³-hybridized carbons (Fsp3) is 0.909. The molecular formula is C22H35F3O6S. The first-order valence-corrected chi connectivity index (χ1v) is 12.5. The predicted octanol–water partition coefficient (Wildman–Crippen LogP) is 4.60. The lowest BCUT2D eigenvalue weighted by Crippen LogP contribution is -2.61. The Bertz CT molecular complexity index is 824. The maximum Gasteiger partial charge on any atom is 0.534 e. The second kappa shape index (κ2) is 8.74. The highest BCUT2D eigenvalue weighted by molar-refractivity contribution is 7.87. The van der Waals surface area contributed by atoms with Gasteiger partial charge in [-0.2, -0.15) is 21.6 Å². The molecule has 0 saturated heterocycles. The molecule has 186 valence electrons. The Morgan fingerprint density at radius 1 is 1.22 bits per heavy atom. The minimum Gasteiger partial charge on any atom is -0.393 e. The van der Waals surface area contributed by atoms with Crippen LogP contribution < -0.4 is 0 Å². The van der Waals surface area contributed by atoms with Crippen molar-refractivity contribution >= 4 is 10.1 Å². The SMILES string of the molecule is COCO[C@H]1CC[C@]2(C)[C@H]3CC/C(=C/OS(=O)(=O)C(F)(F)F)[C@H](C)[C@H]3[C@H](O)C[C@H]2C1(C)C. The number of fused-ring (bicyclic) bond motifs is 3. The molecule has 3 rings (SSSR count). The Morgan fingerprint density at radius 3 is 2.47 bits per heavy atom. The molecule has 0 aromatic rings. The van der Waals surface area contributed by atoms with E-state index < -0.39 is 21.7 Å². The fourth-order valence-corrected chi connectivity index (χ4v) is 7.34. The topological polar surface area (TPSA) is 82.1 Å². The number of alkyl halides is 3. The van der Waals surface area contributed by atoms with Gasteiger partial charge in [0, 0.05) is 7.11 Å². The van der Waals surface area contributed by atoms with Gasteiger partial charge in [0.1, 0.15) is 13.1 Å². The summed E-state index contributed by atoms with van der Waals surface area (Å²) in [5, 5.41) is 11.2. The van der Waals surface area contributed by atoms with Crippen molar-refractivity contribution in [3.63, 3.8) is 0 Å². The molecule has 1 N–H and O–H groups in total. The van der Waals surface area contributed by atoms with Crippen LogP contribution in [0.15, 0.2) is 11.8 Å². The quantitative estimate of drug-likeness (QED) is 0.266. The molecule has 3 aliphatic carbocycles. The first-order valence-electron chi connectivity index (χ1n) is 11.1. The molecule has 0 aliphatic heterocycles. The second-order valence-corrected chi connectivity index (χ2v) is 12.0. The Kier molecular flexibility index (Phi) is 7.04. The molecule has 10 heteroatoms. The molecule has 0 amide bonds. The first-order chi connectivity index (χ1) is 14.7. The van der Waals surface area contributed by atoms with Crippen molar-refractivity contribution in [1.29, 1.82) is 0 Å². The number of hydrogen-bond acceptors (Lipinski definition) is 6. The van der Waals surface area contributed by atoms with Crippen LogP contribution in [-0.2, 0) is 23.8 Å². The molecule has 0 unspecified atom stereocenters. The number of allylic oxidation sites excluding steroid dienone is 1. The minimum absolute atomic E-state index is 0.0155. The number of methoxy groups -OCH3 is 1. The van der Waals surface area contributed by atoms with Crippen molar-refractivity contribution in [2.45, 2.75) is 77.5 Å². The molecule has 3 fully saturated rings. The van der Waals surface area contributed by atoms with Gasteiger partial charge < -0.3 is 18.8 Å². The Labute approximate surface area is 188 Å². The van der Waals surface area contributed by atoms with Crippen LogP contribution in [0.1, 0.15) is 59.8 Å². The van der Waals surface area contributed by atoms with Crippen LogP contribution in [-0.4, -0.2) is 45.1 Å². The van der Waals surface area contributed by atoms with E-state index in [0.29, 0.717) is 24.8 Å². The summed E-state index contributed by atoms with van der Waals surface area (Å²) in [6.07, 6.45) is 3.58. The van der Waals surface area contributed by atoms with Gasteiger partial charge in [0.15, 0.2) is 0 Å². The zero-order valence-corrected chi connectivity index (χ0v) is 20.1. The molecule has 3 aliphatic rings. The Hall–Kier alpha value is -0.840. The number of ether oxygens (including phenoxy) is 2. The van der Waals surface area contributed by atoms with E-state index in [4.69, 9.17) is 9.47 Å². The summed E-state index contributed by atoms with van der Waals surface area (Å²) >= 11 is 0. The average Bonchev–Trinajstić information content (AvgIpc) is 2.67. The van der Waals surface area contributed by atoms with E-state index in [-0.39, 0.29) is 47.4 Å². The first kappa shape index (κ1) is 25.8. The zero-order valence-electron chi connectivity index (χ0n) is 19.3. The van der Waals surface area contributed by atoms with Crippen LogP contribution in [0, 0.1) is 34.5 Å². The summed E-state index contributed by atoms with van der Waals surface area (Å²) in [6.45, 7) is 8.68. The smallest absolute Gasteiger partial charge is 0.393 e. The standard InChI is InChI=1S/C22H35F3O6S/c1-13-14(11-31-32(27,28)22(23,24)25)6-7-15-19(13)16(26)10-17-20(2,3)18(30-12-29-5)8-9-21(15,17)4/h11,13,15-19,26H,6-10,12H2,1-5H3/b14-11-/t13-,15-,16+,17-,18-,19+,21+/m0/s1. The van der Waals surface area contributed by atoms with Gasteiger partial charge in [-0.25, -0.2) is 0 Å². The van der Waals surface area contributed by atoms with Gasteiger partial charge in [0.25, 0.3) is 0 Å². The van der Waals surface area contributed by atoms with Gasteiger partial charge in [-0.05, 0) is 72.2 Å². The summed E-state index contributed by atoms with van der Waals surface area (Å²) in [7, 11) is -4.10. The molecule has 6 nitrogen and oxygen atoms in total. The van der Waals surface area contributed by atoms with Crippen LogP contribution in [0.2, 0.25) is 0 Å². The van der Waals surface area contributed by atoms with Crippen LogP contribution in [0.25, 0.3) is 0 Å². The molecule has 0 radical (unpaired) electrons. The van der Waals surface area contributed by atoms with Crippen molar-refractivity contribution in [3.05, 3.63) is 11.8 Å². The van der Waals surface area contributed by atoms with Crippen LogP contribution in [0.5, 0.6) is 0 Å². The van der Waals surface area contributed by atoms with Gasteiger partial charge in [0.2, 0.25) is 0 Å². The number of aliphatic hydroxyl groups excluding tert-OH is 1. The third-order valence-corrected chi connectivity index (χ3v) is 9.52. The lowest BCUT2D eigenvalue weighted by atomic mass is 9.42. The van der Waals surface area contributed by atoms with E-state index in [1.807, 2.05) is 6.92 Å². The monoisotopic (exact) mass is 484 g/mol. The van der Waals surface area contributed by atoms with Crippen molar-refractivity contribution in [2.24, 2.45) is 34.5 Å². The average molecular weight is 485 g/mol. The third kappa shape index (κ3) is 4.32. The van der Waals surface area contributed by atoms with Crippen LogP contribution in [0.3, 0.4) is 0 Å². The van der Waals surface area contributed by atoms with Crippen molar-refractivity contribution in [3.8, 4) is 0 Å². The molecule has 0 aromatic heterocycles. The van der Waals surface area contributed by atoms with Gasteiger partial charge in [-0.3, -0.25) is 0 Å². The Morgan fingerprint density at radius 2 is 1.88 bits per heavy atom. The van der Waals surface area contributed by atoms with Gasteiger partial charge in [-0.1, -0.05) is 27.7 Å². The van der Waals surface area contributed by atoms with E-state index in [0.717, 1.165) is 19.1 Å². The fourth-order valence-electron chi connectivity index (χ4n) is 6.98. The van der Waals surface area contributed by atoms with E-state index >= 15 is 0 Å². The van der Waals surface area contributed by atoms with Crippen LogP contribution in [0.4, 0.5) is 13.2 Å². The van der Waals surface area contributed by atoms with Crippen LogP contribution >= 0.6 is 0 Å². The summed E-state index contributed by atoms with van der Waals surface area (Å²) in [6, 6.07) is 0. The summed E-state index contributed by atoms with van der Waals surface area (Å²) in [4.78, 5) is 0. The van der Waals surface area contributed by atoms with Gasteiger partial charge >= 0.3 is 15.6 Å². The van der Waals surface area contributed by atoms with Gasteiger partial charge in [0.05, 0.1) is 12.2 Å². The number of rotatable bonds is 5. The molecule has 32 heavy (non-hydrogen) atoms. The summed E-state index contributed by atoms with van der Waals surface area (Å²) < 4.78 is 75.8. The predicted molar refractivity (Wildman–Crippen MR) is 112 cm³/mol. The number of hydrogen-bond donors (Lipinski definition) is 1. The highest BCUT2D eigenvalue weighted by Crippen LogP contribution is 2.65. The van der Waals surface area contributed by atoms with Crippen molar-refractivity contribution < 1.29 is 40.4 Å². The lowest BCUT2D eigenvalue weighted by molar-refractivity contribution is -0.216. The number of aliphatic hydroxyl groups is 1. The molecule has 3 saturated carbocycles. The maximum atomic E-state index is 12.6. The van der Waals surface area contributed by atoms with E-state index in [2.05, 4.69) is 25.0 Å². The highest BCUT2D eigenvalue weighted by atomic mass is 32.2. The largest absolute Gasteiger partial charge is 0.534 e. The second-order valence-electron chi connectivity index (χ2n) is 10.5. The van der Waals surface area contributed by atoms with Crippen molar-refractivity contribution in [1.82, 2.24) is 0 Å². The molecule has 0 spiro atoms. The highest BCUT2D eigenvalue weighted by Gasteiger charge is 2.61. The number of halogens is 3. The molecule has 7 atom stereocenters. The molecular weight excluding hydrogens is 449 g/mol. The van der Waals surface area contributed by atoms with Crippen molar-refractivity contribution in [2.75, 3.05) is 13.9 Å². The Balaban J connectivity index is 1.84. The molecule has 0 heterocycles.